The van der Waals surface area contributed by atoms with Gasteiger partial charge in [0.05, 0.1) is 30.6 Å². The van der Waals surface area contributed by atoms with Gasteiger partial charge in [-0.25, -0.2) is 22.2 Å². The van der Waals surface area contributed by atoms with Gasteiger partial charge in [-0.2, -0.15) is 10.2 Å². The number of anilines is 1. The number of benzene rings is 1. The van der Waals surface area contributed by atoms with E-state index in [9.17, 15) is 22.4 Å². The molecule has 7 nitrogen and oxygen atoms in total. The van der Waals surface area contributed by atoms with Gasteiger partial charge in [0.2, 0.25) is 5.91 Å². The standard InChI is InChI=1S/C19H18ClF4N5O2/c1-10(29-16(18(23)24)14(20)15(27-29)17(21)22)19(30)26-12-7-25-28(9-12)8-11-4-3-5-13(6-11)31-2/h3-7,9-10,17-18H,8H2,1-2H3,(H,26,30). The van der Waals surface area contributed by atoms with Gasteiger partial charge in [-0.05, 0) is 24.6 Å². The highest BCUT2D eigenvalue weighted by atomic mass is 35.5. The minimum absolute atomic E-state index is 0.297. The molecule has 3 aromatic rings. The number of aromatic nitrogens is 4. The topological polar surface area (TPSA) is 74.0 Å². The molecule has 0 bridgehead atoms. The van der Waals surface area contributed by atoms with Crippen molar-refractivity contribution in [3.63, 3.8) is 0 Å². The average molecular weight is 460 g/mol. The maximum Gasteiger partial charge on any atom is 0.283 e. The monoisotopic (exact) mass is 459 g/mol. The summed E-state index contributed by atoms with van der Waals surface area (Å²) in [7, 11) is 1.55. The van der Waals surface area contributed by atoms with E-state index < -0.39 is 41.2 Å². The van der Waals surface area contributed by atoms with E-state index in [1.54, 1.807) is 24.1 Å². The zero-order valence-corrected chi connectivity index (χ0v) is 17.2. The Morgan fingerprint density at radius 2 is 2.00 bits per heavy atom. The molecule has 12 heteroatoms. The maximum atomic E-state index is 13.3. The smallest absolute Gasteiger partial charge is 0.283 e. The van der Waals surface area contributed by atoms with Gasteiger partial charge in [-0.3, -0.25) is 9.48 Å². The summed E-state index contributed by atoms with van der Waals surface area (Å²) in [4.78, 5) is 12.5. The summed E-state index contributed by atoms with van der Waals surface area (Å²) >= 11 is 5.63. The molecular formula is C19H18ClF4N5O2. The number of alkyl halides is 4. The molecule has 0 aliphatic rings. The molecule has 0 fully saturated rings. The lowest BCUT2D eigenvalue weighted by molar-refractivity contribution is -0.119. The van der Waals surface area contributed by atoms with Crippen LogP contribution in [0, 0.1) is 0 Å². The number of hydrogen-bond acceptors (Lipinski definition) is 4. The number of carbonyl (C=O) groups excluding carboxylic acids is 1. The molecule has 31 heavy (non-hydrogen) atoms. The SMILES string of the molecule is COc1cccc(Cn2cc(NC(=O)C(C)n3nc(C(F)F)c(Cl)c3C(F)F)cn2)c1. The Morgan fingerprint density at radius 3 is 2.65 bits per heavy atom. The van der Waals surface area contributed by atoms with Crippen molar-refractivity contribution in [1.29, 1.82) is 0 Å². The molecule has 0 saturated heterocycles. The lowest BCUT2D eigenvalue weighted by Crippen LogP contribution is -2.26. The van der Waals surface area contributed by atoms with Gasteiger partial charge in [0.25, 0.3) is 12.9 Å². The molecule has 0 aliphatic carbocycles. The molecule has 2 aromatic heterocycles. The first-order valence-corrected chi connectivity index (χ1v) is 9.39. The number of halogens is 5. The van der Waals surface area contributed by atoms with Gasteiger partial charge in [-0.15, -0.1) is 0 Å². The van der Waals surface area contributed by atoms with Gasteiger partial charge >= 0.3 is 0 Å². The van der Waals surface area contributed by atoms with Crippen molar-refractivity contribution in [3.8, 4) is 5.75 Å². The zero-order valence-electron chi connectivity index (χ0n) is 16.4. The van der Waals surface area contributed by atoms with Crippen LogP contribution in [-0.2, 0) is 11.3 Å². The first kappa shape index (κ1) is 22.6. The molecular weight excluding hydrogens is 442 g/mol. The van der Waals surface area contributed by atoms with E-state index in [1.165, 1.54) is 13.1 Å². The van der Waals surface area contributed by atoms with Crippen LogP contribution in [0.4, 0.5) is 23.2 Å². The Hall–Kier alpha value is -3.08. The predicted octanol–water partition coefficient (Wildman–Crippen LogP) is 4.86. The third kappa shape index (κ3) is 4.98. The van der Waals surface area contributed by atoms with Crippen molar-refractivity contribution in [2.45, 2.75) is 32.4 Å². The lowest BCUT2D eigenvalue weighted by Gasteiger charge is -2.15. The molecule has 1 aromatic carbocycles. The summed E-state index contributed by atoms with van der Waals surface area (Å²) in [5, 5.41) is 9.23. The van der Waals surface area contributed by atoms with Crippen LogP contribution >= 0.6 is 11.6 Å². The van der Waals surface area contributed by atoms with Crippen molar-refractivity contribution in [3.05, 3.63) is 58.6 Å². The Balaban J connectivity index is 1.74. The fraction of sp³-hybridized carbons (Fsp3) is 0.316. The first-order chi connectivity index (χ1) is 14.7. The molecule has 166 valence electrons. The van der Waals surface area contributed by atoms with Crippen LogP contribution in [0.3, 0.4) is 0 Å². The predicted molar refractivity (Wildman–Crippen MR) is 105 cm³/mol. The number of nitrogens with zero attached hydrogens (tertiary/aromatic N) is 4. The van der Waals surface area contributed by atoms with E-state index in [-0.39, 0.29) is 0 Å². The van der Waals surface area contributed by atoms with Crippen LogP contribution in [-0.4, -0.2) is 32.6 Å². The summed E-state index contributed by atoms with van der Waals surface area (Å²) in [6.45, 7) is 1.64. The van der Waals surface area contributed by atoms with Gasteiger partial charge in [0.15, 0.2) is 0 Å². The van der Waals surface area contributed by atoms with Gasteiger partial charge in [0, 0.05) is 6.20 Å². The van der Waals surface area contributed by atoms with E-state index in [2.05, 4.69) is 15.5 Å². The van der Waals surface area contributed by atoms with Crippen LogP contribution < -0.4 is 10.1 Å². The minimum Gasteiger partial charge on any atom is -0.497 e. The summed E-state index contributed by atoms with van der Waals surface area (Å²) in [5.41, 5.74) is -0.734. The van der Waals surface area contributed by atoms with Crippen LogP contribution in [0.25, 0.3) is 0 Å². The van der Waals surface area contributed by atoms with Crippen LogP contribution in [0.15, 0.2) is 36.7 Å². The van der Waals surface area contributed by atoms with E-state index in [4.69, 9.17) is 16.3 Å². The number of ether oxygens (including phenoxy) is 1. The zero-order chi connectivity index (χ0) is 22.7. The van der Waals surface area contributed by atoms with E-state index >= 15 is 0 Å². The second-order valence-corrected chi connectivity index (χ2v) is 6.95. The minimum atomic E-state index is -3.19. The Bertz CT molecular complexity index is 1070. The molecule has 3 rings (SSSR count). The van der Waals surface area contributed by atoms with Gasteiger partial charge in [0.1, 0.15) is 23.2 Å². The highest BCUT2D eigenvalue weighted by Crippen LogP contribution is 2.36. The van der Waals surface area contributed by atoms with Gasteiger partial charge < -0.3 is 10.1 Å². The lowest BCUT2D eigenvalue weighted by atomic mass is 10.2. The van der Waals surface area contributed by atoms with Gasteiger partial charge in [-0.1, -0.05) is 23.7 Å². The summed E-state index contributed by atoms with van der Waals surface area (Å²) in [6, 6.07) is 6.00. The van der Waals surface area contributed by atoms with Crippen LogP contribution in [0.2, 0.25) is 5.02 Å². The number of amides is 1. The maximum absolute atomic E-state index is 13.3. The van der Waals surface area contributed by atoms with E-state index in [0.29, 0.717) is 22.7 Å². The van der Waals surface area contributed by atoms with E-state index in [0.717, 1.165) is 5.56 Å². The number of rotatable bonds is 8. The first-order valence-electron chi connectivity index (χ1n) is 9.01. The molecule has 0 saturated carbocycles. The molecule has 1 unspecified atom stereocenters. The van der Waals surface area contributed by atoms with Crippen molar-refractivity contribution in [2.24, 2.45) is 0 Å². The largest absolute Gasteiger partial charge is 0.497 e. The van der Waals surface area contributed by atoms with E-state index in [1.807, 2.05) is 18.2 Å². The number of methoxy groups -OCH3 is 1. The quantitative estimate of drug-likeness (QED) is 0.488. The molecule has 0 radical (unpaired) electrons. The summed E-state index contributed by atoms with van der Waals surface area (Å²) in [6.07, 6.45) is -3.43. The number of carbonyl (C=O) groups is 1. The third-order valence-electron chi connectivity index (χ3n) is 4.45. The number of nitrogens with one attached hydrogen (secondary N) is 1. The molecule has 1 amide bonds. The van der Waals surface area contributed by atoms with Crippen LogP contribution in [0.1, 0.15) is 42.8 Å². The molecule has 2 heterocycles. The molecule has 0 aliphatic heterocycles. The van der Waals surface area contributed by atoms with Crippen molar-refractivity contribution >= 4 is 23.2 Å². The summed E-state index contributed by atoms with van der Waals surface area (Å²) in [5.74, 6) is -0.0642. The Morgan fingerprint density at radius 1 is 1.26 bits per heavy atom. The average Bonchev–Trinajstić information content (AvgIpc) is 3.31. The summed E-state index contributed by atoms with van der Waals surface area (Å²) < 4.78 is 59.9. The van der Waals surface area contributed by atoms with Crippen molar-refractivity contribution in [1.82, 2.24) is 19.6 Å². The fourth-order valence-corrected chi connectivity index (χ4v) is 3.20. The normalized spacial score (nSPS) is 12.4. The molecule has 0 spiro atoms. The molecule has 1 N–H and O–H groups in total. The highest BCUT2D eigenvalue weighted by molar-refractivity contribution is 6.32. The number of hydrogen-bond donors (Lipinski definition) is 1. The molecule has 1 atom stereocenters. The Labute approximate surface area is 179 Å². The highest BCUT2D eigenvalue weighted by Gasteiger charge is 2.31. The van der Waals surface area contributed by atoms with Crippen molar-refractivity contribution in [2.75, 3.05) is 12.4 Å². The third-order valence-corrected chi connectivity index (χ3v) is 4.84. The second kappa shape index (κ2) is 9.38. The van der Waals surface area contributed by atoms with Crippen molar-refractivity contribution < 1.29 is 27.1 Å². The Kier molecular flexibility index (Phi) is 6.84. The van der Waals surface area contributed by atoms with Crippen LogP contribution in [0.5, 0.6) is 5.75 Å². The second-order valence-electron chi connectivity index (χ2n) is 6.57. The fourth-order valence-electron chi connectivity index (χ4n) is 2.91.